The highest BCUT2D eigenvalue weighted by molar-refractivity contribution is 5.58. The Morgan fingerprint density at radius 1 is 0.900 bits per heavy atom. The molecule has 20 heavy (non-hydrogen) atoms. The second kappa shape index (κ2) is 5.17. The number of hydrogen-bond acceptors (Lipinski definition) is 4. The van der Waals surface area contributed by atoms with Crippen molar-refractivity contribution in [1.29, 1.82) is 0 Å². The van der Waals surface area contributed by atoms with E-state index in [1.165, 1.54) is 5.56 Å². The van der Waals surface area contributed by atoms with E-state index in [-0.39, 0.29) is 0 Å². The zero-order valence-electron chi connectivity index (χ0n) is 11.4. The number of anilines is 2. The first-order valence-corrected chi connectivity index (χ1v) is 6.43. The second-order valence-electron chi connectivity index (χ2n) is 4.65. The Labute approximate surface area is 117 Å². The molecule has 1 aromatic heterocycles. The molecular formula is C16H15N3O. The molecule has 0 saturated heterocycles. The molecule has 1 heterocycles. The summed E-state index contributed by atoms with van der Waals surface area (Å²) in [5.41, 5.74) is 3.15. The fraction of sp³-hybridized carbons (Fsp3) is 0.125. The number of aryl methyl sites for hydroxylation is 1. The van der Waals surface area contributed by atoms with Gasteiger partial charge in [0.1, 0.15) is 0 Å². The van der Waals surface area contributed by atoms with Gasteiger partial charge in [0.25, 0.3) is 0 Å². The van der Waals surface area contributed by atoms with Gasteiger partial charge in [-0.2, -0.15) is 0 Å². The zero-order chi connectivity index (χ0) is 13.9. The molecule has 0 amide bonds. The van der Waals surface area contributed by atoms with Crippen LogP contribution < -0.4 is 4.90 Å². The predicted molar refractivity (Wildman–Crippen MR) is 79.0 cm³/mol. The van der Waals surface area contributed by atoms with E-state index in [0.29, 0.717) is 11.9 Å². The smallest absolute Gasteiger partial charge is 0.322 e. The largest absolute Gasteiger partial charge is 0.403 e. The lowest BCUT2D eigenvalue weighted by molar-refractivity contribution is 0.571. The summed E-state index contributed by atoms with van der Waals surface area (Å²) in [7, 11) is 1.91. The lowest BCUT2D eigenvalue weighted by Gasteiger charge is -2.13. The molecule has 0 N–H and O–H groups in total. The molecule has 4 nitrogen and oxygen atoms in total. The van der Waals surface area contributed by atoms with Crippen LogP contribution in [0, 0.1) is 6.92 Å². The van der Waals surface area contributed by atoms with Gasteiger partial charge in [0.15, 0.2) is 0 Å². The SMILES string of the molecule is Cc1ccc(N(C)c2nnc(-c3ccccc3)o2)cc1. The number of rotatable bonds is 3. The Balaban J connectivity index is 1.88. The highest BCUT2D eigenvalue weighted by Gasteiger charge is 2.13. The summed E-state index contributed by atoms with van der Waals surface area (Å²) in [6.45, 7) is 2.06. The molecule has 3 aromatic rings. The van der Waals surface area contributed by atoms with Crippen LogP contribution in [0.25, 0.3) is 11.5 Å². The first-order valence-electron chi connectivity index (χ1n) is 6.43. The summed E-state index contributed by atoms with van der Waals surface area (Å²) in [6, 6.07) is 18.4. The molecule has 3 rings (SSSR count). The van der Waals surface area contributed by atoms with Crippen molar-refractivity contribution >= 4 is 11.7 Å². The Hall–Kier alpha value is -2.62. The van der Waals surface area contributed by atoms with Gasteiger partial charge < -0.3 is 4.42 Å². The third kappa shape index (κ3) is 2.40. The maximum atomic E-state index is 5.72. The molecule has 2 aromatic carbocycles. The van der Waals surface area contributed by atoms with Crippen molar-refractivity contribution in [2.45, 2.75) is 6.92 Å². The quantitative estimate of drug-likeness (QED) is 0.722. The molecule has 0 aliphatic heterocycles. The number of aromatic nitrogens is 2. The van der Waals surface area contributed by atoms with Gasteiger partial charge in [0, 0.05) is 18.3 Å². The minimum absolute atomic E-state index is 0.479. The van der Waals surface area contributed by atoms with Crippen molar-refractivity contribution in [3.8, 4) is 11.5 Å². The van der Waals surface area contributed by atoms with E-state index < -0.39 is 0 Å². The second-order valence-corrected chi connectivity index (χ2v) is 4.65. The number of benzene rings is 2. The van der Waals surface area contributed by atoms with Crippen molar-refractivity contribution in [1.82, 2.24) is 10.2 Å². The van der Waals surface area contributed by atoms with Crippen LogP contribution in [0.4, 0.5) is 11.7 Å². The average molecular weight is 265 g/mol. The van der Waals surface area contributed by atoms with Crippen molar-refractivity contribution in [3.05, 3.63) is 60.2 Å². The Morgan fingerprint density at radius 3 is 2.30 bits per heavy atom. The van der Waals surface area contributed by atoms with Crippen LogP contribution in [-0.4, -0.2) is 17.2 Å². The van der Waals surface area contributed by atoms with Crippen LogP contribution in [-0.2, 0) is 0 Å². The Morgan fingerprint density at radius 2 is 1.60 bits per heavy atom. The molecule has 0 bridgehead atoms. The van der Waals surface area contributed by atoms with E-state index in [1.54, 1.807) is 0 Å². The molecule has 0 aliphatic carbocycles. The summed E-state index contributed by atoms with van der Waals surface area (Å²) in [5, 5.41) is 8.19. The highest BCUT2D eigenvalue weighted by Crippen LogP contribution is 2.26. The maximum Gasteiger partial charge on any atom is 0.322 e. The molecular weight excluding hydrogens is 250 g/mol. The van der Waals surface area contributed by atoms with Crippen molar-refractivity contribution in [2.24, 2.45) is 0 Å². The maximum absolute atomic E-state index is 5.72. The normalized spacial score (nSPS) is 10.5. The van der Waals surface area contributed by atoms with Gasteiger partial charge in [-0.15, -0.1) is 5.10 Å². The fourth-order valence-electron chi connectivity index (χ4n) is 1.93. The molecule has 4 heteroatoms. The van der Waals surface area contributed by atoms with Crippen LogP contribution in [0.3, 0.4) is 0 Å². The van der Waals surface area contributed by atoms with E-state index in [2.05, 4.69) is 29.3 Å². The van der Waals surface area contributed by atoms with E-state index in [0.717, 1.165) is 11.3 Å². The number of hydrogen-bond donors (Lipinski definition) is 0. The first-order chi connectivity index (χ1) is 9.74. The summed E-state index contributed by atoms with van der Waals surface area (Å²) in [4.78, 5) is 1.87. The van der Waals surface area contributed by atoms with Gasteiger partial charge in [-0.25, -0.2) is 0 Å². The molecule has 0 saturated carbocycles. The molecule has 0 radical (unpaired) electrons. The van der Waals surface area contributed by atoms with Crippen molar-refractivity contribution < 1.29 is 4.42 Å². The Kier molecular flexibility index (Phi) is 3.21. The van der Waals surface area contributed by atoms with Crippen LogP contribution in [0.15, 0.2) is 59.0 Å². The van der Waals surface area contributed by atoms with Crippen LogP contribution in [0.2, 0.25) is 0 Å². The predicted octanol–water partition coefficient (Wildman–Crippen LogP) is 3.81. The van der Waals surface area contributed by atoms with Crippen molar-refractivity contribution in [3.63, 3.8) is 0 Å². The topological polar surface area (TPSA) is 42.2 Å². The lowest BCUT2D eigenvalue weighted by atomic mass is 10.2. The van der Waals surface area contributed by atoms with Gasteiger partial charge in [-0.1, -0.05) is 41.0 Å². The monoisotopic (exact) mass is 265 g/mol. The summed E-state index contributed by atoms with van der Waals surface area (Å²) < 4.78 is 5.72. The third-order valence-corrected chi connectivity index (χ3v) is 3.14. The van der Waals surface area contributed by atoms with Crippen molar-refractivity contribution in [2.75, 3.05) is 11.9 Å². The summed E-state index contributed by atoms with van der Waals surface area (Å²) >= 11 is 0. The molecule has 0 atom stereocenters. The molecule has 0 unspecified atom stereocenters. The summed E-state index contributed by atoms with van der Waals surface area (Å²) in [6.07, 6.45) is 0. The minimum atomic E-state index is 0.479. The number of nitrogens with zero attached hydrogens (tertiary/aromatic N) is 3. The lowest BCUT2D eigenvalue weighted by Crippen LogP contribution is -2.09. The van der Waals surface area contributed by atoms with Crippen LogP contribution in [0.1, 0.15) is 5.56 Å². The zero-order valence-corrected chi connectivity index (χ0v) is 11.4. The van der Waals surface area contributed by atoms with Gasteiger partial charge in [0.2, 0.25) is 5.89 Å². The third-order valence-electron chi connectivity index (χ3n) is 3.14. The average Bonchev–Trinajstić information content (AvgIpc) is 2.98. The highest BCUT2D eigenvalue weighted by atomic mass is 16.4. The van der Waals surface area contributed by atoms with Gasteiger partial charge >= 0.3 is 6.01 Å². The molecule has 100 valence electrons. The molecule has 0 fully saturated rings. The van der Waals surface area contributed by atoms with E-state index >= 15 is 0 Å². The van der Waals surface area contributed by atoms with E-state index in [4.69, 9.17) is 4.42 Å². The fourth-order valence-corrected chi connectivity index (χ4v) is 1.93. The first kappa shape index (κ1) is 12.4. The van der Waals surface area contributed by atoms with Crippen LogP contribution in [0.5, 0.6) is 0 Å². The van der Waals surface area contributed by atoms with Gasteiger partial charge in [-0.05, 0) is 31.2 Å². The summed E-state index contributed by atoms with van der Waals surface area (Å²) in [5.74, 6) is 0.527. The van der Waals surface area contributed by atoms with E-state index in [9.17, 15) is 0 Å². The molecule has 0 spiro atoms. The van der Waals surface area contributed by atoms with Crippen LogP contribution >= 0.6 is 0 Å². The minimum Gasteiger partial charge on any atom is -0.403 e. The van der Waals surface area contributed by atoms with Gasteiger partial charge in [-0.3, -0.25) is 4.90 Å². The molecule has 0 aliphatic rings. The van der Waals surface area contributed by atoms with Gasteiger partial charge in [0.05, 0.1) is 0 Å². The standard InChI is InChI=1S/C16H15N3O/c1-12-8-10-14(11-9-12)19(2)16-18-17-15(20-16)13-6-4-3-5-7-13/h3-11H,1-2H3. The van der Waals surface area contributed by atoms with E-state index in [1.807, 2.05) is 54.4 Å². The Bertz CT molecular complexity index is 689.